The summed E-state index contributed by atoms with van der Waals surface area (Å²) in [6, 6.07) is 1.20. The molecule has 19 heavy (non-hydrogen) atoms. The van der Waals surface area contributed by atoms with Crippen molar-refractivity contribution in [3.8, 4) is 0 Å². The number of hydrogen-bond donors (Lipinski definition) is 1. The highest BCUT2D eigenvalue weighted by Crippen LogP contribution is 2.34. The van der Waals surface area contributed by atoms with E-state index >= 15 is 0 Å². The summed E-state index contributed by atoms with van der Waals surface area (Å²) in [6.45, 7) is 11.7. The molecule has 1 aliphatic heterocycles. The van der Waals surface area contributed by atoms with Gasteiger partial charge in [0.05, 0.1) is 0 Å². The second-order valence-corrected chi connectivity index (χ2v) is 5.49. The Morgan fingerprint density at radius 1 is 1.21 bits per heavy atom. The SMILES string of the molecule is CCNc1nc(C)nc(N2C(C)CCC2CC)c1C. The number of nitrogens with zero attached hydrogens (tertiary/aromatic N) is 3. The molecule has 0 saturated carbocycles. The number of anilines is 2. The Bertz CT molecular complexity index is 444. The molecule has 2 unspecified atom stereocenters. The van der Waals surface area contributed by atoms with Gasteiger partial charge in [-0.1, -0.05) is 6.92 Å². The van der Waals surface area contributed by atoms with Crippen molar-refractivity contribution in [1.29, 1.82) is 0 Å². The van der Waals surface area contributed by atoms with E-state index in [1.807, 2.05) is 6.92 Å². The van der Waals surface area contributed by atoms with Crippen LogP contribution in [-0.2, 0) is 0 Å². The Kier molecular flexibility index (Phi) is 4.27. The largest absolute Gasteiger partial charge is 0.370 e. The highest BCUT2D eigenvalue weighted by atomic mass is 15.3. The zero-order valence-electron chi connectivity index (χ0n) is 12.8. The molecule has 0 amide bonds. The molecule has 106 valence electrons. The van der Waals surface area contributed by atoms with E-state index in [0.29, 0.717) is 12.1 Å². The fraction of sp³-hybridized carbons (Fsp3) is 0.733. The second-order valence-electron chi connectivity index (χ2n) is 5.49. The van der Waals surface area contributed by atoms with Gasteiger partial charge in [-0.15, -0.1) is 0 Å². The minimum atomic E-state index is 0.576. The monoisotopic (exact) mass is 262 g/mol. The minimum Gasteiger partial charge on any atom is -0.370 e. The van der Waals surface area contributed by atoms with Gasteiger partial charge in [0.15, 0.2) is 0 Å². The molecule has 1 saturated heterocycles. The average molecular weight is 262 g/mol. The van der Waals surface area contributed by atoms with E-state index in [1.54, 1.807) is 0 Å². The van der Waals surface area contributed by atoms with Gasteiger partial charge in [0.1, 0.15) is 17.5 Å². The van der Waals surface area contributed by atoms with E-state index in [9.17, 15) is 0 Å². The zero-order chi connectivity index (χ0) is 14.0. The maximum Gasteiger partial charge on any atom is 0.137 e. The highest BCUT2D eigenvalue weighted by Gasteiger charge is 2.32. The quantitative estimate of drug-likeness (QED) is 0.904. The van der Waals surface area contributed by atoms with E-state index in [0.717, 1.165) is 24.0 Å². The van der Waals surface area contributed by atoms with Crippen LogP contribution in [0, 0.1) is 13.8 Å². The van der Waals surface area contributed by atoms with Crippen LogP contribution in [-0.4, -0.2) is 28.6 Å². The van der Waals surface area contributed by atoms with Crippen LogP contribution in [0.5, 0.6) is 0 Å². The first-order chi connectivity index (χ1) is 9.08. The lowest BCUT2D eigenvalue weighted by atomic mass is 10.1. The first-order valence-corrected chi connectivity index (χ1v) is 7.45. The van der Waals surface area contributed by atoms with Crippen molar-refractivity contribution in [3.05, 3.63) is 11.4 Å². The predicted molar refractivity (Wildman–Crippen MR) is 80.9 cm³/mol. The lowest BCUT2D eigenvalue weighted by Crippen LogP contribution is -2.35. The molecule has 0 aliphatic carbocycles. The van der Waals surface area contributed by atoms with Gasteiger partial charge in [-0.2, -0.15) is 0 Å². The predicted octanol–water partition coefficient (Wildman–Crippen LogP) is 3.29. The molecule has 0 spiro atoms. The molecule has 1 N–H and O–H groups in total. The standard InChI is InChI=1S/C15H26N4/c1-6-13-9-8-10(3)19(13)15-11(4)14(16-7-2)17-12(5)18-15/h10,13H,6-9H2,1-5H3,(H,16,17,18). The van der Waals surface area contributed by atoms with Gasteiger partial charge in [-0.3, -0.25) is 0 Å². The van der Waals surface area contributed by atoms with Crippen molar-refractivity contribution in [2.24, 2.45) is 0 Å². The lowest BCUT2D eigenvalue weighted by Gasteiger charge is -2.31. The molecule has 1 fully saturated rings. The van der Waals surface area contributed by atoms with Crippen LogP contribution >= 0.6 is 0 Å². The third-order valence-electron chi connectivity index (χ3n) is 4.08. The molecular weight excluding hydrogens is 236 g/mol. The summed E-state index contributed by atoms with van der Waals surface area (Å²) in [4.78, 5) is 11.7. The van der Waals surface area contributed by atoms with Gasteiger partial charge in [0.25, 0.3) is 0 Å². The number of nitrogens with one attached hydrogen (secondary N) is 1. The summed E-state index contributed by atoms with van der Waals surface area (Å²) in [7, 11) is 0. The van der Waals surface area contributed by atoms with E-state index in [2.05, 4.69) is 42.9 Å². The van der Waals surface area contributed by atoms with E-state index in [1.165, 1.54) is 24.8 Å². The molecule has 4 heteroatoms. The molecular formula is C15H26N4. The third kappa shape index (κ3) is 2.67. The molecule has 4 nitrogen and oxygen atoms in total. The summed E-state index contributed by atoms with van der Waals surface area (Å²) in [6.07, 6.45) is 3.72. The Hall–Kier alpha value is -1.32. The smallest absolute Gasteiger partial charge is 0.137 e. The Balaban J connectivity index is 2.43. The summed E-state index contributed by atoms with van der Waals surface area (Å²) >= 11 is 0. The van der Waals surface area contributed by atoms with Crippen LogP contribution in [0.4, 0.5) is 11.6 Å². The summed E-state index contributed by atoms with van der Waals surface area (Å²) in [5, 5.41) is 3.35. The van der Waals surface area contributed by atoms with Crippen LogP contribution in [0.25, 0.3) is 0 Å². The van der Waals surface area contributed by atoms with E-state index in [4.69, 9.17) is 4.98 Å². The molecule has 0 radical (unpaired) electrons. The highest BCUT2D eigenvalue weighted by molar-refractivity contribution is 5.60. The van der Waals surface area contributed by atoms with Gasteiger partial charge >= 0.3 is 0 Å². The molecule has 2 rings (SSSR count). The minimum absolute atomic E-state index is 0.576. The summed E-state index contributed by atoms with van der Waals surface area (Å²) in [5.41, 5.74) is 1.18. The van der Waals surface area contributed by atoms with Crippen LogP contribution < -0.4 is 10.2 Å². The molecule has 2 atom stereocenters. The molecule has 0 aromatic carbocycles. The van der Waals surface area contributed by atoms with Crippen LogP contribution in [0.1, 0.15) is 51.4 Å². The van der Waals surface area contributed by atoms with Crippen molar-refractivity contribution in [1.82, 2.24) is 9.97 Å². The Labute approximate surface area is 116 Å². The fourth-order valence-corrected chi connectivity index (χ4v) is 3.06. The first-order valence-electron chi connectivity index (χ1n) is 7.45. The van der Waals surface area contributed by atoms with Gasteiger partial charge in [-0.05, 0) is 47.0 Å². The van der Waals surface area contributed by atoms with Gasteiger partial charge in [-0.25, -0.2) is 9.97 Å². The third-order valence-corrected chi connectivity index (χ3v) is 4.08. The van der Waals surface area contributed by atoms with Gasteiger partial charge < -0.3 is 10.2 Å². The fourth-order valence-electron chi connectivity index (χ4n) is 3.06. The maximum absolute atomic E-state index is 4.72. The Morgan fingerprint density at radius 3 is 2.58 bits per heavy atom. The zero-order valence-corrected chi connectivity index (χ0v) is 12.8. The summed E-state index contributed by atoms with van der Waals surface area (Å²) < 4.78 is 0. The average Bonchev–Trinajstić information content (AvgIpc) is 2.75. The number of aryl methyl sites for hydroxylation is 1. The van der Waals surface area contributed by atoms with Crippen LogP contribution in [0.15, 0.2) is 0 Å². The second kappa shape index (κ2) is 5.76. The topological polar surface area (TPSA) is 41.1 Å². The van der Waals surface area contributed by atoms with Crippen molar-refractivity contribution in [3.63, 3.8) is 0 Å². The van der Waals surface area contributed by atoms with Crippen molar-refractivity contribution in [2.45, 2.75) is 66.0 Å². The molecule has 2 heterocycles. The molecule has 1 aromatic heterocycles. The van der Waals surface area contributed by atoms with Crippen molar-refractivity contribution >= 4 is 11.6 Å². The van der Waals surface area contributed by atoms with Gasteiger partial charge in [0.2, 0.25) is 0 Å². The van der Waals surface area contributed by atoms with E-state index in [-0.39, 0.29) is 0 Å². The van der Waals surface area contributed by atoms with E-state index < -0.39 is 0 Å². The van der Waals surface area contributed by atoms with Crippen LogP contribution in [0.3, 0.4) is 0 Å². The number of aromatic nitrogens is 2. The van der Waals surface area contributed by atoms with Crippen molar-refractivity contribution in [2.75, 3.05) is 16.8 Å². The van der Waals surface area contributed by atoms with Gasteiger partial charge in [0, 0.05) is 24.2 Å². The summed E-state index contributed by atoms with van der Waals surface area (Å²) in [5.74, 6) is 2.96. The molecule has 1 aliphatic rings. The number of hydrogen-bond acceptors (Lipinski definition) is 4. The number of rotatable bonds is 4. The molecule has 0 bridgehead atoms. The van der Waals surface area contributed by atoms with Crippen LogP contribution in [0.2, 0.25) is 0 Å². The lowest BCUT2D eigenvalue weighted by molar-refractivity contribution is 0.617. The normalized spacial score (nSPS) is 22.9. The van der Waals surface area contributed by atoms with Crippen molar-refractivity contribution < 1.29 is 0 Å². The Morgan fingerprint density at radius 2 is 1.95 bits per heavy atom. The molecule has 1 aromatic rings. The first kappa shape index (κ1) is 14.1. The maximum atomic E-state index is 4.72.